The predicted molar refractivity (Wildman–Crippen MR) is 254 cm³/mol. The molecule has 5 aliphatic carbocycles. The zero-order valence-corrected chi connectivity index (χ0v) is 34.4. The number of rotatable bonds is 6. The van der Waals surface area contributed by atoms with Crippen molar-refractivity contribution in [1.82, 2.24) is 0 Å². The van der Waals surface area contributed by atoms with E-state index in [1.54, 1.807) is 11.1 Å². The highest BCUT2D eigenvalue weighted by Gasteiger charge is 2.61. The molecule has 0 atom stereocenters. The van der Waals surface area contributed by atoms with Crippen LogP contribution in [-0.4, -0.2) is 0 Å². The van der Waals surface area contributed by atoms with Crippen LogP contribution in [0.4, 0.5) is 17.1 Å². The van der Waals surface area contributed by atoms with Gasteiger partial charge in [0.15, 0.2) is 0 Å². The van der Waals surface area contributed by atoms with E-state index in [9.17, 15) is 0 Å². The predicted octanol–water partition coefficient (Wildman–Crippen LogP) is 16.2. The molecule has 9 aromatic rings. The summed E-state index contributed by atoms with van der Waals surface area (Å²) in [6.07, 6.45) is 7.18. The van der Waals surface area contributed by atoms with Gasteiger partial charge < -0.3 is 4.90 Å². The van der Waals surface area contributed by atoms with Crippen molar-refractivity contribution in [2.75, 3.05) is 4.90 Å². The van der Waals surface area contributed by atoms with Gasteiger partial charge in [-0.25, -0.2) is 0 Å². The molecule has 288 valence electrons. The Balaban J connectivity index is 0.880. The largest absolute Gasteiger partial charge is 0.310 e. The van der Waals surface area contributed by atoms with Gasteiger partial charge in [0, 0.05) is 42.6 Å². The highest BCUT2D eigenvalue weighted by atomic mass is 32.1. The van der Waals surface area contributed by atoms with Gasteiger partial charge in [0.1, 0.15) is 0 Å². The minimum atomic E-state index is 0.215. The van der Waals surface area contributed by atoms with Gasteiger partial charge in [-0.1, -0.05) is 140 Å². The number of nitrogens with zero attached hydrogens (tertiary/aromatic N) is 1. The third kappa shape index (κ3) is 5.23. The van der Waals surface area contributed by atoms with Crippen LogP contribution in [0.25, 0.3) is 64.7 Å². The first-order valence-corrected chi connectivity index (χ1v) is 22.8. The van der Waals surface area contributed by atoms with E-state index in [0.717, 1.165) is 40.7 Å². The van der Waals surface area contributed by atoms with Gasteiger partial charge in [-0.2, -0.15) is 0 Å². The molecule has 0 aliphatic heterocycles. The van der Waals surface area contributed by atoms with Crippen molar-refractivity contribution in [1.29, 1.82) is 0 Å². The molecule has 4 bridgehead atoms. The molecule has 0 N–H and O–H groups in total. The lowest BCUT2D eigenvalue weighted by Gasteiger charge is -2.61. The number of hydrogen-bond donors (Lipinski definition) is 0. The van der Waals surface area contributed by atoms with E-state index in [-0.39, 0.29) is 5.41 Å². The molecule has 4 fully saturated rings. The fraction of sp³-hybridized carbons (Fsp3) is 0.172. The van der Waals surface area contributed by atoms with Crippen LogP contribution in [0.5, 0.6) is 0 Å². The van der Waals surface area contributed by atoms with E-state index in [1.807, 2.05) is 11.3 Å². The van der Waals surface area contributed by atoms with Crippen molar-refractivity contribution in [3.63, 3.8) is 0 Å². The van der Waals surface area contributed by atoms with Crippen molar-refractivity contribution in [2.24, 2.45) is 23.7 Å². The molecule has 5 aliphatic rings. The Bertz CT molecular complexity index is 2970. The highest BCUT2D eigenvalue weighted by Crippen LogP contribution is 2.69. The van der Waals surface area contributed by atoms with Crippen molar-refractivity contribution < 1.29 is 0 Å². The summed E-state index contributed by atoms with van der Waals surface area (Å²) >= 11 is 1.91. The molecule has 0 unspecified atom stereocenters. The Hall–Kier alpha value is -6.22. The zero-order valence-electron chi connectivity index (χ0n) is 33.6. The third-order valence-electron chi connectivity index (χ3n) is 15.1. The molecule has 0 radical (unpaired) electrons. The minimum Gasteiger partial charge on any atom is -0.310 e. The quantitative estimate of drug-likeness (QED) is 0.162. The lowest BCUT2D eigenvalue weighted by Crippen LogP contribution is -2.55. The van der Waals surface area contributed by atoms with Crippen LogP contribution < -0.4 is 4.90 Å². The van der Waals surface area contributed by atoms with Crippen LogP contribution >= 0.6 is 11.3 Å². The second-order valence-corrected chi connectivity index (χ2v) is 19.2. The summed E-state index contributed by atoms with van der Waals surface area (Å²) in [5.74, 6) is 3.50. The van der Waals surface area contributed by atoms with Crippen LogP contribution in [0, 0.1) is 23.7 Å². The van der Waals surface area contributed by atoms with Crippen LogP contribution in [0.1, 0.15) is 43.2 Å². The summed E-state index contributed by atoms with van der Waals surface area (Å²) in [7, 11) is 0. The maximum atomic E-state index is 2.56. The average Bonchev–Trinajstić information content (AvgIpc) is 3.82. The van der Waals surface area contributed by atoms with Gasteiger partial charge in [0.2, 0.25) is 0 Å². The van der Waals surface area contributed by atoms with Gasteiger partial charge in [0.25, 0.3) is 0 Å². The van der Waals surface area contributed by atoms with E-state index in [4.69, 9.17) is 0 Å². The lowest BCUT2D eigenvalue weighted by atomic mass is 9.43. The summed E-state index contributed by atoms with van der Waals surface area (Å²) in [4.78, 5) is 2.40. The van der Waals surface area contributed by atoms with Crippen LogP contribution in [0.15, 0.2) is 188 Å². The summed E-state index contributed by atoms with van der Waals surface area (Å²) in [6.45, 7) is 0. The zero-order chi connectivity index (χ0) is 39.4. The molecule has 4 saturated carbocycles. The molecule has 8 aromatic carbocycles. The first-order valence-electron chi connectivity index (χ1n) is 22.0. The smallest absolute Gasteiger partial charge is 0.0476 e. The third-order valence-corrected chi connectivity index (χ3v) is 16.2. The molecule has 1 aromatic heterocycles. The van der Waals surface area contributed by atoms with Crippen LogP contribution in [-0.2, 0) is 5.41 Å². The second-order valence-electron chi connectivity index (χ2n) is 18.1. The van der Waals surface area contributed by atoms with E-state index < -0.39 is 0 Å². The van der Waals surface area contributed by atoms with Gasteiger partial charge >= 0.3 is 0 Å². The highest BCUT2D eigenvalue weighted by molar-refractivity contribution is 7.25. The molecule has 14 rings (SSSR count). The monoisotopic (exact) mass is 787 g/mol. The Morgan fingerprint density at radius 2 is 0.833 bits per heavy atom. The van der Waals surface area contributed by atoms with Gasteiger partial charge in [-0.05, 0) is 160 Å². The SMILES string of the molecule is c1ccc(-c2ccc(N(c3ccc(-c4ccccc4)cc3)c3ccc4c(c3)sc3cc(-c5ccc6c(c5)-c5ccccc5C65C6CC7CC(C6)CC5C7)ccc34)cc2)cc1. The topological polar surface area (TPSA) is 3.24 Å². The Morgan fingerprint density at radius 1 is 0.367 bits per heavy atom. The normalized spacial score (nSPS) is 22.1. The summed E-state index contributed by atoms with van der Waals surface area (Å²) in [5.41, 5.74) is 17.4. The van der Waals surface area contributed by atoms with Gasteiger partial charge in [-0.15, -0.1) is 11.3 Å². The van der Waals surface area contributed by atoms with E-state index in [0.29, 0.717) is 0 Å². The molecule has 1 spiro atoms. The Labute approximate surface area is 356 Å². The Morgan fingerprint density at radius 3 is 1.47 bits per heavy atom. The second kappa shape index (κ2) is 13.4. The molecule has 1 nitrogen and oxygen atoms in total. The maximum Gasteiger partial charge on any atom is 0.0476 e. The van der Waals surface area contributed by atoms with Crippen LogP contribution in [0.3, 0.4) is 0 Å². The molecule has 0 saturated heterocycles. The van der Waals surface area contributed by atoms with Crippen molar-refractivity contribution in [3.05, 3.63) is 199 Å². The molecule has 0 amide bonds. The van der Waals surface area contributed by atoms with E-state index in [2.05, 4.69) is 193 Å². The standard InChI is InChI=1S/C58H45NS/c1-3-9-39(10-4-1)41-15-21-47(22-16-41)59(48-23-17-42(18-24-48)40-11-5-2-6-12-40)49-25-27-52-51-26-19-44(35-56(51)60-57(52)36-49)43-20-28-55-53(34-43)50-13-7-8-14-54(50)58(55)45-30-37-29-38(32-45)33-46(58)31-37/h1-28,34-38,45-46H,29-33H2. The number of benzene rings is 8. The fourth-order valence-corrected chi connectivity index (χ4v) is 13.9. The van der Waals surface area contributed by atoms with Crippen molar-refractivity contribution in [3.8, 4) is 44.5 Å². The number of hydrogen-bond acceptors (Lipinski definition) is 2. The number of thiophene rings is 1. The van der Waals surface area contributed by atoms with Crippen molar-refractivity contribution in [2.45, 2.75) is 37.5 Å². The summed E-state index contributed by atoms with van der Waals surface area (Å²) in [5, 5.41) is 2.64. The van der Waals surface area contributed by atoms with E-state index in [1.165, 1.54) is 96.8 Å². The average molecular weight is 788 g/mol. The molecular weight excluding hydrogens is 743 g/mol. The molecule has 60 heavy (non-hydrogen) atoms. The molecule has 2 heteroatoms. The number of anilines is 3. The molecule has 1 heterocycles. The molecular formula is C58H45NS. The first kappa shape index (κ1) is 34.6. The van der Waals surface area contributed by atoms with Gasteiger partial charge in [0.05, 0.1) is 0 Å². The minimum absolute atomic E-state index is 0.215. The van der Waals surface area contributed by atoms with E-state index >= 15 is 0 Å². The lowest BCUT2D eigenvalue weighted by molar-refractivity contribution is -0.0399. The summed E-state index contributed by atoms with van der Waals surface area (Å²) in [6, 6.07) is 70.6. The maximum absolute atomic E-state index is 2.56. The number of fused-ring (bicyclic) bond motifs is 6. The van der Waals surface area contributed by atoms with Crippen molar-refractivity contribution >= 4 is 48.6 Å². The first-order chi connectivity index (χ1) is 29.7. The Kier molecular flexibility index (Phi) is 7.73. The van der Waals surface area contributed by atoms with Gasteiger partial charge in [-0.3, -0.25) is 0 Å². The fourth-order valence-electron chi connectivity index (χ4n) is 12.7. The summed E-state index contributed by atoms with van der Waals surface area (Å²) < 4.78 is 2.64. The van der Waals surface area contributed by atoms with Crippen LogP contribution in [0.2, 0.25) is 0 Å².